The molecule has 1 saturated heterocycles. The zero-order valence-electron chi connectivity index (χ0n) is 14.2. The van der Waals surface area contributed by atoms with E-state index in [4.69, 9.17) is 0 Å². The van der Waals surface area contributed by atoms with Crippen LogP contribution in [0.5, 0.6) is 0 Å². The molecular weight excluding hydrogens is 320 g/mol. The number of hydrogen-bond acceptors (Lipinski definition) is 4. The number of benzene rings is 1. The number of nitrogens with one attached hydrogen (secondary N) is 1. The Kier molecular flexibility index (Phi) is 4.53. The first-order chi connectivity index (χ1) is 11.9. The molecule has 1 aromatic carbocycles. The molecule has 0 spiro atoms. The molecule has 6 heteroatoms. The number of ketones is 1. The lowest BCUT2D eigenvalue weighted by Gasteiger charge is -2.22. The molecule has 1 heterocycles. The van der Waals surface area contributed by atoms with Crippen LogP contribution in [0, 0.1) is 11.8 Å². The molecule has 0 radical (unpaired) electrons. The first-order valence-corrected chi connectivity index (χ1v) is 8.34. The molecule has 3 atom stereocenters. The van der Waals surface area contributed by atoms with E-state index in [1.165, 1.54) is 6.92 Å². The van der Waals surface area contributed by atoms with Crippen LogP contribution < -0.4 is 5.32 Å². The first kappa shape index (κ1) is 17.1. The van der Waals surface area contributed by atoms with Crippen LogP contribution in [-0.2, 0) is 14.4 Å². The van der Waals surface area contributed by atoms with Gasteiger partial charge in [0.05, 0.1) is 11.8 Å². The van der Waals surface area contributed by atoms with Gasteiger partial charge in [0.2, 0.25) is 17.7 Å². The molecule has 3 rings (SSSR count). The van der Waals surface area contributed by atoms with E-state index in [-0.39, 0.29) is 29.4 Å². The van der Waals surface area contributed by atoms with Crippen molar-refractivity contribution in [3.63, 3.8) is 0 Å². The Morgan fingerprint density at radius 1 is 1.04 bits per heavy atom. The maximum Gasteiger partial charge on any atom is 0.247 e. The molecule has 1 aliphatic carbocycles. The second-order valence-electron chi connectivity index (χ2n) is 6.50. The van der Waals surface area contributed by atoms with Gasteiger partial charge in [-0.15, -0.1) is 0 Å². The Hall–Kier alpha value is -2.76. The first-order valence-electron chi connectivity index (χ1n) is 8.34. The van der Waals surface area contributed by atoms with E-state index in [9.17, 15) is 19.2 Å². The van der Waals surface area contributed by atoms with Crippen LogP contribution in [0.4, 0.5) is 5.69 Å². The zero-order valence-corrected chi connectivity index (χ0v) is 14.2. The zero-order chi connectivity index (χ0) is 18.1. The van der Waals surface area contributed by atoms with E-state index >= 15 is 0 Å². The molecule has 1 aromatic rings. The summed E-state index contributed by atoms with van der Waals surface area (Å²) in [5, 5.41) is 2.70. The molecule has 0 aromatic heterocycles. The minimum atomic E-state index is -0.877. The minimum absolute atomic E-state index is 0.0595. The molecule has 25 heavy (non-hydrogen) atoms. The highest BCUT2D eigenvalue weighted by atomic mass is 16.2. The van der Waals surface area contributed by atoms with Crippen LogP contribution in [0.25, 0.3) is 0 Å². The van der Waals surface area contributed by atoms with E-state index in [1.54, 1.807) is 31.2 Å². The van der Waals surface area contributed by atoms with Gasteiger partial charge in [0.25, 0.3) is 0 Å². The smallest absolute Gasteiger partial charge is 0.247 e. The summed E-state index contributed by atoms with van der Waals surface area (Å²) in [6.07, 6.45) is 4.92. The van der Waals surface area contributed by atoms with Crippen LogP contribution in [0.3, 0.4) is 0 Å². The van der Waals surface area contributed by atoms with E-state index in [2.05, 4.69) is 5.32 Å². The Morgan fingerprint density at radius 3 is 2.04 bits per heavy atom. The van der Waals surface area contributed by atoms with Crippen molar-refractivity contribution in [3.05, 3.63) is 42.0 Å². The number of fused-ring (bicyclic) bond motifs is 1. The van der Waals surface area contributed by atoms with E-state index in [0.29, 0.717) is 24.1 Å². The van der Waals surface area contributed by atoms with Gasteiger partial charge in [-0.05, 0) is 51.0 Å². The largest absolute Gasteiger partial charge is 0.324 e. The number of Topliss-reactive ketones (excluding diaryl/α,β-unsaturated/α-hetero) is 1. The number of allylic oxidation sites excluding steroid dienone is 2. The number of carbonyl (C=O) groups excluding carboxylic acids is 4. The third-order valence-corrected chi connectivity index (χ3v) is 4.87. The van der Waals surface area contributed by atoms with Crippen molar-refractivity contribution in [2.75, 3.05) is 5.32 Å². The molecule has 0 saturated carbocycles. The van der Waals surface area contributed by atoms with E-state index < -0.39 is 11.9 Å². The number of nitrogens with zero attached hydrogens (tertiary/aromatic N) is 1. The molecular formula is C19H20N2O4. The number of likely N-dealkylation sites (tertiary alicyclic amines) is 1. The number of rotatable bonds is 4. The van der Waals surface area contributed by atoms with Gasteiger partial charge >= 0.3 is 0 Å². The van der Waals surface area contributed by atoms with Gasteiger partial charge in [-0.1, -0.05) is 12.2 Å². The summed E-state index contributed by atoms with van der Waals surface area (Å²) in [6.45, 7) is 3.02. The number of hydrogen-bond donors (Lipinski definition) is 1. The highest BCUT2D eigenvalue weighted by molar-refractivity contribution is 6.10. The normalized spacial score (nSPS) is 23.4. The fraction of sp³-hybridized carbons (Fsp3) is 0.368. The molecule has 1 N–H and O–H groups in total. The second-order valence-corrected chi connectivity index (χ2v) is 6.50. The molecule has 3 amide bonds. The van der Waals surface area contributed by atoms with Gasteiger partial charge in [0.15, 0.2) is 5.78 Å². The van der Waals surface area contributed by atoms with Crippen molar-refractivity contribution in [3.8, 4) is 0 Å². The van der Waals surface area contributed by atoms with Gasteiger partial charge in [-0.3, -0.25) is 24.1 Å². The highest BCUT2D eigenvalue weighted by Gasteiger charge is 2.50. The summed E-state index contributed by atoms with van der Waals surface area (Å²) in [6, 6.07) is 5.61. The topological polar surface area (TPSA) is 83.6 Å². The maximum atomic E-state index is 12.5. The van der Waals surface area contributed by atoms with Crippen LogP contribution in [0.2, 0.25) is 0 Å². The lowest BCUT2D eigenvalue weighted by molar-refractivity contribution is -0.146. The fourth-order valence-electron chi connectivity index (χ4n) is 3.36. The molecule has 130 valence electrons. The third-order valence-electron chi connectivity index (χ3n) is 4.87. The van der Waals surface area contributed by atoms with Crippen molar-refractivity contribution in [1.82, 2.24) is 4.90 Å². The summed E-state index contributed by atoms with van der Waals surface area (Å²) >= 11 is 0. The van der Waals surface area contributed by atoms with Crippen molar-refractivity contribution < 1.29 is 19.2 Å². The highest BCUT2D eigenvalue weighted by Crippen LogP contribution is 2.36. The van der Waals surface area contributed by atoms with Gasteiger partial charge in [-0.25, -0.2) is 0 Å². The van der Waals surface area contributed by atoms with Gasteiger partial charge in [-0.2, -0.15) is 0 Å². The van der Waals surface area contributed by atoms with Crippen molar-refractivity contribution >= 4 is 29.2 Å². The second kappa shape index (κ2) is 6.63. The predicted molar refractivity (Wildman–Crippen MR) is 91.7 cm³/mol. The molecule has 0 bridgehead atoms. The summed E-state index contributed by atoms with van der Waals surface area (Å²) in [7, 11) is 0. The number of amides is 3. The molecule has 1 fully saturated rings. The molecule has 2 aliphatic rings. The van der Waals surface area contributed by atoms with Crippen molar-refractivity contribution in [2.45, 2.75) is 32.7 Å². The van der Waals surface area contributed by atoms with Crippen LogP contribution in [0.1, 0.15) is 37.0 Å². The quantitative estimate of drug-likeness (QED) is 0.517. The predicted octanol–water partition coefficient (Wildman–Crippen LogP) is 2.17. The van der Waals surface area contributed by atoms with E-state index in [1.807, 2.05) is 12.2 Å². The number of imide groups is 1. The molecule has 6 nitrogen and oxygen atoms in total. The lowest BCUT2D eigenvalue weighted by Crippen LogP contribution is -2.46. The lowest BCUT2D eigenvalue weighted by atomic mass is 9.85. The molecule has 0 unspecified atom stereocenters. The number of anilines is 1. The summed E-state index contributed by atoms with van der Waals surface area (Å²) < 4.78 is 0. The average Bonchev–Trinajstić information content (AvgIpc) is 2.86. The standard InChI is InChI=1S/C19H20N2O4/c1-11(17(23)20-14-9-7-13(8-10-14)12(2)22)21-18(24)15-5-3-4-6-16(15)19(21)25/h3-4,7-11,15-16H,5-6H2,1-2H3,(H,20,23)/t11-,15-,16+/m0/s1. The SMILES string of the molecule is CC(=O)c1ccc(NC(=O)[C@H](C)N2C(=O)[C@H]3CC=CC[C@H]3C2=O)cc1. The Balaban J connectivity index is 1.71. The Labute approximate surface area is 145 Å². The van der Waals surface area contributed by atoms with Crippen LogP contribution >= 0.6 is 0 Å². The van der Waals surface area contributed by atoms with Gasteiger partial charge in [0.1, 0.15) is 6.04 Å². The Bertz CT molecular complexity index is 740. The summed E-state index contributed by atoms with van der Waals surface area (Å²) in [4.78, 5) is 49.9. The molecule has 1 aliphatic heterocycles. The van der Waals surface area contributed by atoms with Crippen LogP contribution in [-0.4, -0.2) is 34.4 Å². The summed E-state index contributed by atoms with van der Waals surface area (Å²) in [5.41, 5.74) is 1.06. The summed E-state index contributed by atoms with van der Waals surface area (Å²) in [5.74, 6) is -1.72. The van der Waals surface area contributed by atoms with Crippen molar-refractivity contribution in [1.29, 1.82) is 0 Å². The Morgan fingerprint density at radius 2 is 1.56 bits per heavy atom. The minimum Gasteiger partial charge on any atom is -0.324 e. The fourth-order valence-corrected chi connectivity index (χ4v) is 3.36. The maximum absolute atomic E-state index is 12.5. The van der Waals surface area contributed by atoms with Crippen molar-refractivity contribution in [2.24, 2.45) is 11.8 Å². The monoisotopic (exact) mass is 340 g/mol. The number of carbonyl (C=O) groups is 4. The third kappa shape index (κ3) is 3.12. The van der Waals surface area contributed by atoms with E-state index in [0.717, 1.165) is 4.90 Å². The van der Waals surface area contributed by atoms with Gasteiger partial charge < -0.3 is 5.32 Å². The van der Waals surface area contributed by atoms with Gasteiger partial charge in [0, 0.05) is 11.3 Å². The van der Waals surface area contributed by atoms with Crippen LogP contribution in [0.15, 0.2) is 36.4 Å². The average molecular weight is 340 g/mol.